The van der Waals surface area contributed by atoms with Crippen molar-refractivity contribution in [3.8, 4) is 0 Å². The number of fused-ring (bicyclic) bond motifs is 1. The predicted molar refractivity (Wildman–Crippen MR) is 67.4 cm³/mol. The standard InChI is InChI=1S/C13H14N2O4/c1-14-7-8-3-4-10-9(5-8)6-11(16)15(10)12(17)13(18)19-2/h3-5,14H,6-7H2,1-2H3. The van der Waals surface area contributed by atoms with Crippen LogP contribution in [0.5, 0.6) is 0 Å². The Labute approximate surface area is 110 Å². The van der Waals surface area contributed by atoms with Crippen molar-refractivity contribution in [2.45, 2.75) is 13.0 Å². The van der Waals surface area contributed by atoms with Gasteiger partial charge in [0.2, 0.25) is 5.91 Å². The average Bonchev–Trinajstić information content (AvgIpc) is 2.72. The fourth-order valence-corrected chi connectivity index (χ4v) is 2.09. The fourth-order valence-electron chi connectivity index (χ4n) is 2.09. The molecule has 1 aromatic rings. The molecule has 6 heteroatoms. The van der Waals surface area contributed by atoms with Crippen LogP contribution in [0.1, 0.15) is 11.1 Å². The number of carbonyl (C=O) groups excluding carboxylic acids is 3. The van der Waals surface area contributed by atoms with Crippen LogP contribution in [0.2, 0.25) is 0 Å². The second-order valence-electron chi connectivity index (χ2n) is 4.20. The van der Waals surface area contributed by atoms with Gasteiger partial charge in [0.1, 0.15) is 0 Å². The van der Waals surface area contributed by atoms with E-state index < -0.39 is 17.8 Å². The summed E-state index contributed by atoms with van der Waals surface area (Å²) < 4.78 is 4.36. The Balaban J connectivity index is 2.34. The molecule has 0 aliphatic carbocycles. The van der Waals surface area contributed by atoms with Crippen molar-refractivity contribution in [3.05, 3.63) is 29.3 Å². The first kappa shape index (κ1) is 13.2. The number of hydrogen-bond donors (Lipinski definition) is 1. The summed E-state index contributed by atoms with van der Waals surface area (Å²) in [6, 6.07) is 5.34. The highest BCUT2D eigenvalue weighted by Gasteiger charge is 2.36. The third kappa shape index (κ3) is 2.34. The number of rotatable bonds is 2. The highest BCUT2D eigenvalue weighted by atomic mass is 16.5. The van der Waals surface area contributed by atoms with Gasteiger partial charge in [-0.2, -0.15) is 0 Å². The van der Waals surface area contributed by atoms with Gasteiger partial charge in [-0.3, -0.25) is 9.59 Å². The first-order chi connectivity index (χ1) is 9.08. The summed E-state index contributed by atoms with van der Waals surface area (Å²) in [7, 11) is 2.93. The molecule has 1 aliphatic rings. The minimum absolute atomic E-state index is 0.121. The third-order valence-electron chi connectivity index (χ3n) is 2.92. The van der Waals surface area contributed by atoms with Crippen molar-refractivity contribution in [1.82, 2.24) is 5.32 Å². The van der Waals surface area contributed by atoms with Crippen molar-refractivity contribution < 1.29 is 19.1 Å². The molecular weight excluding hydrogens is 248 g/mol. The van der Waals surface area contributed by atoms with Gasteiger partial charge in [0.15, 0.2) is 0 Å². The number of benzene rings is 1. The number of ether oxygens (including phenoxy) is 1. The summed E-state index contributed by atoms with van der Waals surface area (Å²) in [5.41, 5.74) is 2.22. The summed E-state index contributed by atoms with van der Waals surface area (Å²) in [4.78, 5) is 35.7. The molecule has 1 N–H and O–H groups in total. The van der Waals surface area contributed by atoms with Gasteiger partial charge in [0, 0.05) is 6.54 Å². The lowest BCUT2D eigenvalue weighted by atomic mass is 10.1. The maximum Gasteiger partial charge on any atom is 0.397 e. The lowest BCUT2D eigenvalue weighted by Gasteiger charge is -2.14. The zero-order chi connectivity index (χ0) is 14.0. The van der Waals surface area contributed by atoms with Gasteiger partial charge in [-0.1, -0.05) is 12.1 Å². The minimum Gasteiger partial charge on any atom is -0.462 e. The summed E-state index contributed by atoms with van der Waals surface area (Å²) in [5.74, 6) is -2.40. The molecule has 0 radical (unpaired) electrons. The summed E-state index contributed by atoms with van der Waals surface area (Å²) >= 11 is 0. The number of nitrogens with one attached hydrogen (secondary N) is 1. The SMILES string of the molecule is CNCc1ccc2c(c1)CC(=O)N2C(=O)C(=O)OC. The van der Waals surface area contributed by atoms with E-state index in [1.807, 2.05) is 19.2 Å². The topological polar surface area (TPSA) is 75.7 Å². The molecule has 0 fully saturated rings. The lowest BCUT2D eigenvalue weighted by Crippen LogP contribution is -2.39. The number of carbonyl (C=O) groups is 3. The van der Waals surface area contributed by atoms with Crippen LogP contribution >= 0.6 is 0 Å². The number of anilines is 1. The van der Waals surface area contributed by atoms with E-state index in [0.717, 1.165) is 23.1 Å². The molecule has 19 heavy (non-hydrogen) atoms. The van der Waals surface area contributed by atoms with Crippen LogP contribution in [-0.2, 0) is 32.1 Å². The van der Waals surface area contributed by atoms with Crippen molar-refractivity contribution in [2.75, 3.05) is 19.1 Å². The zero-order valence-corrected chi connectivity index (χ0v) is 10.7. The molecule has 0 aromatic heterocycles. The van der Waals surface area contributed by atoms with Gasteiger partial charge in [-0.05, 0) is 24.2 Å². The second-order valence-corrected chi connectivity index (χ2v) is 4.20. The highest BCUT2D eigenvalue weighted by molar-refractivity contribution is 6.44. The van der Waals surface area contributed by atoms with E-state index in [1.54, 1.807) is 6.07 Å². The molecule has 0 unspecified atom stereocenters. The van der Waals surface area contributed by atoms with Gasteiger partial charge in [0.25, 0.3) is 0 Å². The molecular formula is C13H14N2O4. The lowest BCUT2D eigenvalue weighted by molar-refractivity contribution is -0.152. The Hall–Kier alpha value is -2.21. The maximum absolute atomic E-state index is 11.8. The third-order valence-corrected chi connectivity index (χ3v) is 2.92. The molecule has 1 heterocycles. The van der Waals surface area contributed by atoms with E-state index in [2.05, 4.69) is 10.1 Å². The van der Waals surface area contributed by atoms with E-state index in [9.17, 15) is 14.4 Å². The summed E-state index contributed by atoms with van der Waals surface area (Å²) in [6.45, 7) is 0.673. The van der Waals surface area contributed by atoms with E-state index in [0.29, 0.717) is 12.2 Å². The first-order valence-corrected chi connectivity index (χ1v) is 5.80. The number of hydrogen-bond acceptors (Lipinski definition) is 5. The molecule has 1 aromatic carbocycles. The van der Waals surface area contributed by atoms with Crippen molar-refractivity contribution in [3.63, 3.8) is 0 Å². The Kier molecular flexibility index (Phi) is 3.62. The van der Waals surface area contributed by atoms with Crippen LogP contribution in [-0.4, -0.2) is 31.9 Å². The van der Waals surface area contributed by atoms with Crippen molar-refractivity contribution in [1.29, 1.82) is 0 Å². The van der Waals surface area contributed by atoms with E-state index >= 15 is 0 Å². The molecule has 0 saturated heterocycles. The molecule has 0 saturated carbocycles. The van der Waals surface area contributed by atoms with Crippen LogP contribution in [0.25, 0.3) is 0 Å². The summed E-state index contributed by atoms with van der Waals surface area (Å²) in [5, 5.41) is 3.01. The summed E-state index contributed by atoms with van der Waals surface area (Å²) in [6.07, 6.45) is 0.121. The van der Waals surface area contributed by atoms with Gasteiger partial charge in [-0.15, -0.1) is 0 Å². The number of amides is 2. The van der Waals surface area contributed by atoms with E-state index in [1.165, 1.54) is 0 Å². The van der Waals surface area contributed by atoms with Crippen molar-refractivity contribution in [2.24, 2.45) is 0 Å². The maximum atomic E-state index is 11.8. The highest BCUT2D eigenvalue weighted by Crippen LogP contribution is 2.30. The van der Waals surface area contributed by atoms with Crippen LogP contribution in [0.3, 0.4) is 0 Å². The Bertz CT molecular complexity index is 554. The fraction of sp³-hybridized carbons (Fsp3) is 0.308. The molecule has 6 nitrogen and oxygen atoms in total. The van der Waals surface area contributed by atoms with Gasteiger partial charge in [-0.25, -0.2) is 9.69 Å². The average molecular weight is 262 g/mol. The quantitative estimate of drug-likeness (QED) is 0.599. The predicted octanol–water partition coefficient (Wildman–Crippen LogP) is -0.00530. The van der Waals surface area contributed by atoms with Gasteiger partial charge in [0.05, 0.1) is 19.2 Å². The van der Waals surface area contributed by atoms with Crippen LogP contribution in [0, 0.1) is 0 Å². The molecule has 0 spiro atoms. The van der Waals surface area contributed by atoms with Gasteiger partial charge >= 0.3 is 11.9 Å². The molecule has 0 atom stereocenters. The number of nitrogens with zero attached hydrogens (tertiary/aromatic N) is 1. The van der Waals surface area contributed by atoms with Crippen LogP contribution in [0.4, 0.5) is 5.69 Å². The number of esters is 1. The zero-order valence-electron chi connectivity index (χ0n) is 10.7. The smallest absolute Gasteiger partial charge is 0.397 e. The Morgan fingerprint density at radius 3 is 2.79 bits per heavy atom. The molecule has 2 rings (SSSR count). The van der Waals surface area contributed by atoms with Crippen LogP contribution < -0.4 is 10.2 Å². The molecule has 2 amide bonds. The monoisotopic (exact) mass is 262 g/mol. The molecule has 0 bridgehead atoms. The molecule has 100 valence electrons. The van der Waals surface area contributed by atoms with E-state index in [-0.39, 0.29) is 6.42 Å². The largest absolute Gasteiger partial charge is 0.462 e. The van der Waals surface area contributed by atoms with Crippen LogP contribution in [0.15, 0.2) is 18.2 Å². The number of imide groups is 1. The second kappa shape index (κ2) is 5.19. The Morgan fingerprint density at radius 1 is 1.42 bits per heavy atom. The first-order valence-electron chi connectivity index (χ1n) is 5.80. The van der Waals surface area contributed by atoms with E-state index in [4.69, 9.17) is 0 Å². The minimum atomic E-state index is -1.04. The van der Waals surface area contributed by atoms with Gasteiger partial charge < -0.3 is 10.1 Å². The molecule has 1 aliphatic heterocycles. The normalized spacial score (nSPS) is 13.4. The number of methoxy groups -OCH3 is 1. The Morgan fingerprint density at radius 2 is 2.16 bits per heavy atom. The van der Waals surface area contributed by atoms with Crippen molar-refractivity contribution >= 4 is 23.5 Å².